The summed E-state index contributed by atoms with van der Waals surface area (Å²) in [5.41, 5.74) is -0.816. The maximum Gasteiger partial charge on any atom is 0.257 e. The van der Waals surface area contributed by atoms with E-state index in [1.54, 1.807) is 6.07 Å². The molecule has 0 aliphatic rings. The predicted molar refractivity (Wildman–Crippen MR) is 55.2 cm³/mol. The van der Waals surface area contributed by atoms with Gasteiger partial charge < -0.3 is 10.0 Å². The van der Waals surface area contributed by atoms with E-state index < -0.39 is 34.7 Å². The SMILES string of the molecule is CCN(CC#N)C(=O)c1cc(F)c(F)c(O)c1F. The highest BCUT2D eigenvalue weighted by atomic mass is 19.2. The number of rotatable bonds is 3. The summed E-state index contributed by atoms with van der Waals surface area (Å²) in [4.78, 5) is 12.7. The van der Waals surface area contributed by atoms with Crippen LogP contribution in [0.1, 0.15) is 17.3 Å². The number of phenolic OH excluding ortho intramolecular Hbond substituents is 1. The Morgan fingerprint density at radius 2 is 2.06 bits per heavy atom. The van der Waals surface area contributed by atoms with Gasteiger partial charge in [0.1, 0.15) is 6.54 Å². The van der Waals surface area contributed by atoms with Gasteiger partial charge in [-0.05, 0) is 13.0 Å². The molecule has 4 nitrogen and oxygen atoms in total. The molecule has 1 rings (SSSR count). The molecule has 18 heavy (non-hydrogen) atoms. The third kappa shape index (κ3) is 2.37. The van der Waals surface area contributed by atoms with Gasteiger partial charge >= 0.3 is 0 Å². The quantitative estimate of drug-likeness (QED) is 0.664. The average molecular weight is 258 g/mol. The van der Waals surface area contributed by atoms with Crippen molar-refractivity contribution in [3.63, 3.8) is 0 Å². The second-order valence-corrected chi connectivity index (χ2v) is 3.36. The number of benzene rings is 1. The van der Waals surface area contributed by atoms with Crippen LogP contribution in [0.2, 0.25) is 0 Å². The number of hydrogen-bond donors (Lipinski definition) is 1. The molecular weight excluding hydrogens is 249 g/mol. The molecule has 0 aliphatic heterocycles. The first-order valence-electron chi connectivity index (χ1n) is 4.96. The van der Waals surface area contributed by atoms with Crippen LogP contribution in [-0.2, 0) is 0 Å². The first kappa shape index (κ1) is 13.8. The molecule has 0 radical (unpaired) electrons. The monoisotopic (exact) mass is 258 g/mol. The molecule has 1 aromatic rings. The Kier molecular flexibility index (Phi) is 4.15. The summed E-state index contributed by atoms with van der Waals surface area (Å²) >= 11 is 0. The maximum absolute atomic E-state index is 13.4. The van der Waals surface area contributed by atoms with Crippen molar-refractivity contribution in [1.29, 1.82) is 5.26 Å². The fraction of sp³-hybridized carbons (Fsp3) is 0.273. The molecule has 0 heterocycles. The highest BCUT2D eigenvalue weighted by Gasteiger charge is 2.25. The van der Waals surface area contributed by atoms with Crippen LogP contribution < -0.4 is 0 Å². The van der Waals surface area contributed by atoms with Crippen LogP contribution >= 0.6 is 0 Å². The highest BCUT2D eigenvalue weighted by Crippen LogP contribution is 2.26. The van der Waals surface area contributed by atoms with E-state index in [1.807, 2.05) is 0 Å². The molecule has 0 atom stereocenters. The third-order valence-electron chi connectivity index (χ3n) is 2.29. The Morgan fingerprint density at radius 3 is 2.56 bits per heavy atom. The molecule has 1 amide bonds. The molecular formula is C11H9F3N2O2. The lowest BCUT2D eigenvalue weighted by Gasteiger charge is -2.17. The lowest BCUT2D eigenvalue weighted by atomic mass is 10.1. The summed E-state index contributed by atoms with van der Waals surface area (Å²) in [6.07, 6.45) is 0. The topological polar surface area (TPSA) is 64.3 Å². The molecule has 0 unspecified atom stereocenters. The Balaban J connectivity index is 3.26. The van der Waals surface area contributed by atoms with Gasteiger partial charge in [-0.25, -0.2) is 8.78 Å². The largest absolute Gasteiger partial charge is 0.503 e. The highest BCUT2D eigenvalue weighted by molar-refractivity contribution is 5.95. The molecule has 0 bridgehead atoms. The molecule has 0 saturated heterocycles. The van der Waals surface area contributed by atoms with Gasteiger partial charge in [-0.2, -0.15) is 9.65 Å². The van der Waals surface area contributed by atoms with E-state index in [0.717, 1.165) is 4.90 Å². The van der Waals surface area contributed by atoms with Gasteiger partial charge in [0, 0.05) is 6.54 Å². The van der Waals surface area contributed by atoms with Gasteiger partial charge in [0.15, 0.2) is 17.4 Å². The molecule has 0 fully saturated rings. The minimum absolute atomic E-state index is 0.0889. The van der Waals surface area contributed by atoms with E-state index in [1.165, 1.54) is 6.92 Å². The summed E-state index contributed by atoms with van der Waals surface area (Å²) in [7, 11) is 0. The van der Waals surface area contributed by atoms with Crippen LogP contribution in [0.3, 0.4) is 0 Å². The minimum Gasteiger partial charge on any atom is -0.503 e. The number of carbonyl (C=O) groups is 1. The van der Waals surface area contributed by atoms with Crippen molar-refractivity contribution in [2.24, 2.45) is 0 Å². The zero-order valence-electron chi connectivity index (χ0n) is 9.38. The number of nitrogens with zero attached hydrogens (tertiary/aromatic N) is 2. The van der Waals surface area contributed by atoms with Crippen LogP contribution in [0.4, 0.5) is 13.2 Å². The summed E-state index contributed by atoms with van der Waals surface area (Å²) in [5, 5.41) is 17.4. The lowest BCUT2D eigenvalue weighted by molar-refractivity contribution is 0.0777. The number of hydrogen-bond acceptors (Lipinski definition) is 3. The second-order valence-electron chi connectivity index (χ2n) is 3.36. The van der Waals surface area contributed by atoms with Crippen molar-refractivity contribution in [3.05, 3.63) is 29.1 Å². The number of phenols is 1. The van der Waals surface area contributed by atoms with Crippen LogP contribution in [-0.4, -0.2) is 29.0 Å². The molecule has 0 saturated carbocycles. The second kappa shape index (κ2) is 5.40. The molecule has 0 aromatic heterocycles. The van der Waals surface area contributed by atoms with E-state index in [-0.39, 0.29) is 13.1 Å². The van der Waals surface area contributed by atoms with Crippen molar-refractivity contribution in [2.75, 3.05) is 13.1 Å². The van der Waals surface area contributed by atoms with Crippen molar-refractivity contribution < 1.29 is 23.1 Å². The standard InChI is InChI=1S/C11H9F3N2O2/c1-2-16(4-3-15)11(18)6-5-7(12)9(14)10(17)8(6)13/h5,17H,2,4H2,1H3. The number of carbonyl (C=O) groups excluding carboxylic acids is 1. The van der Waals surface area contributed by atoms with Crippen molar-refractivity contribution in [1.82, 2.24) is 4.90 Å². The van der Waals surface area contributed by atoms with E-state index in [4.69, 9.17) is 10.4 Å². The van der Waals surface area contributed by atoms with Crippen molar-refractivity contribution in [3.8, 4) is 11.8 Å². The number of aromatic hydroxyl groups is 1. The third-order valence-corrected chi connectivity index (χ3v) is 2.29. The fourth-order valence-corrected chi connectivity index (χ4v) is 1.33. The first-order valence-corrected chi connectivity index (χ1v) is 4.96. The van der Waals surface area contributed by atoms with E-state index in [0.29, 0.717) is 6.07 Å². The average Bonchev–Trinajstić information content (AvgIpc) is 2.37. The molecule has 1 aromatic carbocycles. The van der Waals surface area contributed by atoms with Crippen LogP contribution in [0, 0.1) is 28.8 Å². The molecule has 7 heteroatoms. The Bertz CT molecular complexity index is 526. The zero-order valence-corrected chi connectivity index (χ0v) is 9.38. The Hall–Kier alpha value is -2.23. The smallest absolute Gasteiger partial charge is 0.257 e. The van der Waals surface area contributed by atoms with Gasteiger partial charge in [0.05, 0.1) is 11.6 Å². The fourth-order valence-electron chi connectivity index (χ4n) is 1.33. The normalized spacial score (nSPS) is 9.94. The Morgan fingerprint density at radius 1 is 1.44 bits per heavy atom. The summed E-state index contributed by atoms with van der Waals surface area (Å²) in [5.74, 6) is -7.38. The lowest BCUT2D eigenvalue weighted by Crippen LogP contribution is -2.32. The van der Waals surface area contributed by atoms with Crippen LogP contribution in [0.25, 0.3) is 0 Å². The molecule has 96 valence electrons. The number of nitriles is 1. The predicted octanol–water partition coefficient (Wildman–Crippen LogP) is 1.80. The van der Waals surface area contributed by atoms with E-state index in [2.05, 4.69) is 0 Å². The molecule has 1 N–H and O–H groups in total. The van der Waals surface area contributed by atoms with Crippen LogP contribution in [0.5, 0.6) is 5.75 Å². The van der Waals surface area contributed by atoms with Crippen molar-refractivity contribution in [2.45, 2.75) is 6.92 Å². The van der Waals surface area contributed by atoms with Crippen LogP contribution in [0.15, 0.2) is 6.07 Å². The van der Waals surface area contributed by atoms with Gasteiger partial charge in [-0.15, -0.1) is 0 Å². The van der Waals surface area contributed by atoms with Gasteiger partial charge in [0.25, 0.3) is 5.91 Å². The summed E-state index contributed by atoms with van der Waals surface area (Å²) < 4.78 is 39.3. The Labute approximate surface area is 101 Å². The number of halogens is 3. The molecule has 0 spiro atoms. The van der Waals surface area contributed by atoms with Gasteiger partial charge in [0.2, 0.25) is 5.82 Å². The van der Waals surface area contributed by atoms with E-state index >= 15 is 0 Å². The van der Waals surface area contributed by atoms with Gasteiger partial charge in [-0.3, -0.25) is 4.79 Å². The first-order chi connectivity index (χ1) is 8.43. The van der Waals surface area contributed by atoms with Gasteiger partial charge in [-0.1, -0.05) is 0 Å². The summed E-state index contributed by atoms with van der Waals surface area (Å²) in [6.45, 7) is 1.30. The minimum atomic E-state index is -1.76. The van der Waals surface area contributed by atoms with E-state index in [9.17, 15) is 18.0 Å². The number of amides is 1. The molecule has 0 aliphatic carbocycles. The maximum atomic E-state index is 13.4. The zero-order chi connectivity index (χ0) is 13.9. The van der Waals surface area contributed by atoms with Crippen molar-refractivity contribution >= 4 is 5.91 Å². The summed E-state index contributed by atoms with van der Waals surface area (Å²) in [6, 6.07) is 2.04.